The maximum absolute atomic E-state index is 11.8. The molecule has 0 saturated heterocycles. The van der Waals surface area contributed by atoms with E-state index in [1.165, 1.54) is 23.5 Å². The molecule has 9 heteroatoms. The molecule has 1 rings (SSSR count). The molecule has 0 spiro atoms. The van der Waals surface area contributed by atoms with Gasteiger partial charge in [-0.05, 0) is 26.1 Å². The first kappa shape index (κ1) is 14.6. The van der Waals surface area contributed by atoms with Crippen molar-refractivity contribution in [3.63, 3.8) is 0 Å². The molecule has 0 aliphatic rings. The fraction of sp³-hybridized carbons (Fsp3) is 0.556. The van der Waals surface area contributed by atoms with E-state index in [1.54, 1.807) is 7.05 Å². The summed E-state index contributed by atoms with van der Waals surface area (Å²) in [5, 5.41) is 8.66. The first-order valence-electron chi connectivity index (χ1n) is 5.40. The molecule has 0 aromatic carbocycles. The molecule has 0 unspecified atom stereocenters. The minimum absolute atomic E-state index is 0.0788. The fourth-order valence-corrected chi connectivity index (χ4v) is 2.11. The van der Waals surface area contributed by atoms with Crippen molar-refractivity contribution in [3.8, 4) is 0 Å². The van der Waals surface area contributed by atoms with Crippen molar-refractivity contribution in [2.24, 2.45) is 0 Å². The molecule has 0 bridgehead atoms. The molecular weight excluding hydrogens is 258 g/mol. The summed E-state index contributed by atoms with van der Waals surface area (Å²) >= 11 is 0. The number of nitrogens with one attached hydrogen (secondary N) is 3. The van der Waals surface area contributed by atoms with Crippen molar-refractivity contribution in [1.29, 1.82) is 0 Å². The number of anilines is 1. The molecule has 0 atom stereocenters. The van der Waals surface area contributed by atoms with E-state index in [9.17, 15) is 13.2 Å². The summed E-state index contributed by atoms with van der Waals surface area (Å²) in [6.45, 7) is 1.12. The van der Waals surface area contributed by atoms with Crippen LogP contribution in [0.15, 0.2) is 16.9 Å². The summed E-state index contributed by atoms with van der Waals surface area (Å²) in [5.41, 5.74) is -0.389. The molecule has 1 heterocycles. The SMILES string of the molecule is CNCCCN(C)S(=O)(=O)Nc1ccc(=O)[nH]n1. The Hall–Kier alpha value is -1.45. The lowest BCUT2D eigenvalue weighted by molar-refractivity contribution is 0.462. The number of hydrogen-bond donors (Lipinski definition) is 3. The Kier molecular flexibility index (Phi) is 5.25. The zero-order valence-electron chi connectivity index (χ0n) is 10.3. The van der Waals surface area contributed by atoms with E-state index < -0.39 is 10.2 Å². The average molecular weight is 275 g/mol. The van der Waals surface area contributed by atoms with Crippen LogP contribution in [0.3, 0.4) is 0 Å². The van der Waals surface area contributed by atoms with Gasteiger partial charge in [-0.1, -0.05) is 0 Å². The summed E-state index contributed by atoms with van der Waals surface area (Å²) in [6, 6.07) is 2.50. The average Bonchev–Trinajstić information content (AvgIpc) is 2.32. The zero-order chi connectivity index (χ0) is 13.6. The largest absolute Gasteiger partial charge is 0.320 e. The molecule has 1 aromatic rings. The van der Waals surface area contributed by atoms with Crippen LogP contribution in [0.2, 0.25) is 0 Å². The first-order chi connectivity index (χ1) is 8.45. The van der Waals surface area contributed by atoms with Gasteiger partial charge < -0.3 is 5.32 Å². The highest BCUT2D eigenvalue weighted by Crippen LogP contribution is 2.04. The molecule has 102 valence electrons. The van der Waals surface area contributed by atoms with Gasteiger partial charge in [-0.3, -0.25) is 9.52 Å². The van der Waals surface area contributed by atoms with Crippen molar-refractivity contribution >= 4 is 16.0 Å². The molecule has 0 aliphatic heterocycles. The second-order valence-electron chi connectivity index (χ2n) is 3.69. The number of nitrogens with zero attached hydrogens (tertiary/aromatic N) is 2. The van der Waals surface area contributed by atoms with Gasteiger partial charge in [0.2, 0.25) is 0 Å². The van der Waals surface area contributed by atoms with Crippen LogP contribution in [0.25, 0.3) is 0 Å². The van der Waals surface area contributed by atoms with Crippen molar-refractivity contribution in [2.75, 3.05) is 31.9 Å². The van der Waals surface area contributed by atoms with Gasteiger partial charge in [-0.25, -0.2) is 5.10 Å². The quantitative estimate of drug-likeness (QED) is 0.551. The number of aromatic nitrogens is 2. The predicted molar refractivity (Wildman–Crippen MR) is 68.6 cm³/mol. The minimum Gasteiger partial charge on any atom is -0.320 e. The summed E-state index contributed by atoms with van der Waals surface area (Å²) in [4.78, 5) is 10.8. The standard InChI is InChI=1S/C9H17N5O3S/c1-10-6-3-7-14(2)18(16,17)13-8-4-5-9(15)12-11-8/h4-5,10H,3,6-7H2,1-2H3,(H,11,13)(H,12,15). The lowest BCUT2D eigenvalue weighted by Gasteiger charge is -2.17. The minimum atomic E-state index is -3.64. The third-order valence-electron chi connectivity index (χ3n) is 2.22. The Bertz CT molecular complexity index is 507. The summed E-state index contributed by atoms with van der Waals surface area (Å²) in [5.74, 6) is 0.0788. The van der Waals surface area contributed by atoms with E-state index in [0.717, 1.165) is 6.54 Å². The molecule has 0 amide bonds. The van der Waals surface area contributed by atoms with Crippen molar-refractivity contribution in [1.82, 2.24) is 19.8 Å². The highest BCUT2D eigenvalue weighted by atomic mass is 32.2. The maximum atomic E-state index is 11.8. The van der Waals surface area contributed by atoms with Crippen LogP contribution in [-0.4, -0.2) is 50.1 Å². The Morgan fingerprint density at radius 2 is 2.17 bits per heavy atom. The smallest absolute Gasteiger partial charge is 0.302 e. The molecule has 1 aromatic heterocycles. The summed E-state index contributed by atoms with van der Waals surface area (Å²) in [6.07, 6.45) is 0.701. The number of rotatable bonds is 7. The van der Waals surface area contributed by atoms with Gasteiger partial charge in [-0.15, -0.1) is 0 Å². The Balaban J connectivity index is 2.63. The molecule has 18 heavy (non-hydrogen) atoms. The van der Waals surface area contributed by atoms with E-state index in [-0.39, 0.29) is 11.4 Å². The van der Waals surface area contributed by atoms with Crippen LogP contribution >= 0.6 is 0 Å². The van der Waals surface area contributed by atoms with Crippen LogP contribution in [0.4, 0.5) is 5.82 Å². The van der Waals surface area contributed by atoms with Crippen LogP contribution in [0.1, 0.15) is 6.42 Å². The third kappa shape index (κ3) is 4.43. The van der Waals surface area contributed by atoms with E-state index >= 15 is 0 Å². The number of H-pyrrole nitrogens is 1. The molecule has 0 aliphatic carbocycles. The summed E-state index contributed by atoms with van der Waals surface area (Å²) in [7, 11) is -0.357. The van der Waals surface area contributed by atoms with Gasteiger partial charge in [0.05, 0.1) is 0 Å². The van der Waals surface area contributed by atoms with Gasteiger partial charge in [0, 0.05) is 19.7 Å². The number of aromatic amines is 1. The van der Waals surface area contributed by atoms with Crippen molar-refractivity contribution in [2.45, 2.75) is 6.42 Å². The Labute approximate surface area is 106 Å². The van der Waals surface area contributed by atoms with E-state index in [1.807, 2.05) is 0 Å². The van der Waals surface area contributed by atoms with Gasteiger partial charge in [0.15, 0.2) is 5.82 Å². The van der Waals surface area contributed by atoms with Gasteiger partial charge >= 0.3 is 10.2 Å². The van der Waals surface area contributed by atoms with Crippen LogP contribution < -0.4 is 15.6 Å². The molecule has 8 nitrogen and oxygen atoms in total. The lowest BCUT2D eigenvalue weighted by atomic mass is 10.4. The molecular formula is C9H17N5O3S. The second kappa shape index (κ2) is 6.47. The zero-order valence-corrected chi connectivity index (χ0v) is 11.1. The van der Waals surface area contributed by atoms with Gasteiger partial charge in [0.1, 0.15) is 0 Å². The van der Waals surface area contributed by atoms with Gasteiger partial charge in [-0.2, -0.15) is 17.8 Å². The molecule has 0 radical (unpaired) electrons. The highest BCUT2D eigenvalue weighted by molar-refractivity contribution is 7.90. The van der Waals surface area contributed by atoms with Crippen LogP contribution in [0.5, 0.6) is 0 Å². The van der Waals surface area contributed by atoms with Crippen molar-refractivity contribution in [3.05, 3.63) is 22.5 Å². The topological polar surface area (TPSA) is 107 Å². The Morgan fingerprint density at radius 3 is 2.72 bits per heavy atom. The van der Waals surface area contributed by atoms with Crippen LogP contribution in [0, 0.1) is 0 Å². The highest BCUT2D eigenvalue weighted by Gasteiger charge is 2.17. The fourth-order valence-electron chi connectivity index (χ4n) is 1.21. The third-order valence-corrected chi connectivity index (χ3v) is 3.69. The monoisotopic (exact) mass is 275 g/mol. The van der Waals surface area contributed by atoms with E-state index in [0.29, 0.717) is 13.0 Å². The lowest BCUT2D eigenvalue weighted by Crippen LogP contribution is -2.34. The molecule has 3 N–H and O–H groups in total. The summed E-state index contributed by atoms with van der Waals surface area (Å²) < 4.78 is 27.1. The number of hydrogen-bond acceptors (Lipinski definition) is 5. The molecule has 0 saturated carbocycles. The second-order valence-corrected chi connectivity index (χ2v) is 5.47. The van der Waals surface area contributed by atoms with E-state index in [2.05, 4.69) is 20.2 Å². The maximum Gasteiger partial charge on any atom is 0.302 e. The van der Waals surface area contributed by atoms with Gasteiger partial charge in [0.25, 0.3) is 5.56 Å². The first-order valence-corrected chi connectivity index (χ1v) is 6.84. The Morgan fingerprint density at radius 1 is 1.44 bits per heavy atom. The van der Waals surface area contributed by atoms with E-state index in [4.69, 9.17) is 0 Å². The van der Waals surface area contributed by atoms with Crippen molar-refractivity contribution < 1.29 is 8.42 Å². The normalized spacial score (nSPS) is 11.7. The predicted octanol–water partition coefficient (Wildman–Crippen LogP) is -1.03. The molecule has 0 fully saturated rings. The van der Waals surface area contributed by atoms with Crippen LogP contribution in [-0.2, 0) is 10.2 Å².